The molecule has 0 radical (unpaired) electrons. The molecular weight excluding hydrogens is 210 g/mol. The number of hydrogen-bond donors (Lipinski definition) is 2. The van der Waals surface area contributed by atoms with Crippen LogP contribution in [0.4, 0.5) is 5.69 Å². The molecule has 1 rings (SSSR count). The van der Waals surface area contributed by atoms with Crippen molar-refractivity contribution in [2.45, 2.75) is 13.0 Å². The van der Waals surface area contributed by atoms with E-state index in [2.05, 4.69) is 0 Å². The number of nitrogens with zero attached hydrogens (tertiary/aromatic N) is 1. The lowest BCUT2D eigenvalue weighted by Crippen LogP contribution is -1.95. The molecule has 16 heavy (non-hydrogen) atoms. The predicted octanol–water partition coefficient (Wildman–Crippen LogP) is 1.48. The monoisotopic (exact) mass is 223 g/mol. The first-order valence-corrected chi connectivity index (χ1v) is 4.84. The van der Waals surface area contributed by atoms with E-state index in [1.165, 1.54) is 12.1 Å². The third kappa shape index (κ3) is 3.15. The van der Waals surface area contributed by atoms with Crippen LogP contribution in [0.3, 0.4) is 0 Å². The van der Waals surface area contributed by atoms with E-state index in [1.54, 1.807) is 18.2 Å². The fraction of sp³-hybridized carbons (Fsp3) is 0.273. The first-order chi connectivity index (χ1) is 7.69. The number of aliphatic hydroxyl groups is 2. The average molecular weight is 223 g/mol. The highest BCUT2D eigenvalue weighted by molar-refractivity contribution is 5.56. The lowest BCUT2D eigenvalue weighted by atomic mass is 10.1. The molecule has 0 bridgehead atoms. The van der Waals surface area contributed by atoms with Crippen molar-refractivity contribution in [3.63, 3.8) is 0 Å². The van der Waals surface area contributed by atoms with Gasteiger partial charge in [0.2, 0.25) is 0 Å². The normalized spacial score (nSPS) is 10.9. The number of hydrogen-bond acceptors (Lipinski definition) is 4. The standard InChI is InChI=1S/C11H13NO4/c13-6-2-1-3-9-4-5-10(8-14)11(7-9)12(15)16/h1,3-5,7,13-14H,2,6,8H2. The van der Waals surface area contributed by atoms with Crippen LogP contribution >= 0.6 is 0 Å². The first kappa shape index (κ1) is 12.4. The van der Waals surface area contributed by atoms with Crippen LogP contribution in [0.1, 0.15) is 17.5 Å². The molecule has 0 fully saturated rings. The smallest absolute Gasteiger partial charge is 0.275 e. The van der Waals surface area contributed by atoms with Crippen LogP contribution < -0.4 is 0 Å². The number of rotatable bonds is 5. The Morgan fingerprint density at radius 2 is 2.12 bits per heavy atom. The van der Waals surface area contributed by atoms with Crippen molar-refractivity contribution in [3.05, 3.63) is 45.5 Å². The first-order valence-electron chi connectivity index (χ1n) is 4.84. The molecular formula is C11H13NO4. The summed E-state index contributed by atoms with van der Waals surface area (Å²) in [6.45, 7) is -0.301. The topological polar surface area (TPSA) is 83.6 Å². The van der Waals surface area contributed by atoms with E-state index < -0.39 is 4.92 Å². The lowest BCUT2D eigenvalue weighted by Gasteiger charge is -2.00. The number of aliphatic hydroxyl groups excluding tert-OH is 2. The summed E-state index contributed by atoms with van der Waals surface area (Å²) in [6, 6.07) is 4.61. The van der Waals surface area contributed by atoms with Crippen molar-refractivity contribution in [1.82, 2.24) is 0 Å². The Morgan fingerprint density at radius 3 is 2.69 bits per heavy atom. The minimum atomic E-state index is -0.519. The fourth-order valence-corrected chi connectivity index (χ4v) is 1.28. The minimum absolute atomic E-state index is 0.0489. The van der Waals surface area contributed by atoms with Crippen LogP contribution in [0, 0.1) is 10.1 Å². The zero-order valence-corrected chi connectivity index (χ0v) is 8.67. The molecule has 0 saturated carbocycles. The molecule has 1 aromatic rings. The Hall–Kier alpha value is -1.72. The number of nitro benzene ring substituents is 1. The van der Waals surface area contributed by atoms with Crippen LogP contribution in [-0.2, 0) is 6.61 Å². The van der Waals surface area contributed by atoms with E-state index in [0.717, 1.165) is 0 Å². The second-order valence-corrected chi connectivity index (χ2v) is 3.22. The van der Waals surface area contributed by atoms with Gasteiger partial charge in [-0.25, -0.2) is 0 Å². The largest absolute Gasteiger partial charge is 0.396 e. The molecule has 0 aliphatic rings. The summed E-state index contributed by atoms with van der Waals surface area (Å²) < 4.78 is 0. The van der Waals surface area contributed by atoms with E-state index in [9.17, 15) is 10.1 Å². The fourth-order valence-electron chi connectivity index (χ4n) is 1.28. The molecule has 0 atom stereocenters. The van der Waals surface area contributed by atoms with Gasteiger partial charge in [0.25, 0.3) is 5.69 Å². The van der Waals surface area contributed by atoms with Gasteiger partial charge in [0.05, 0.1) is 17.1 Å². The highest BCUT2D eigenvalue weighted by Gasteiger charge is 2.12. The van der Waals surface area contributed by atoms with Crippen molar-refractivity contribution in [2.75, 3.05) is 6.61 Å². The van der Waals surface area contributed by atoms with E-state index in [0.29, 0.717) is 17.5 Å². The summed E-state index contributed by atoms with van der Waals surface area (Å²) in [6.07, 6.45) is 3.94. The molecule has 2 N–H and O–H groups in total. The van der Waals surface area contributed by atoms with Gasteiger partial charge in [-0.1, -0.05) is 18.2 Å². The van der Waals surface area contributed by atoms with Gasteiger partial charge in [-0.15, -0.1) is 0 Å². The Morgan fingerprint density at radius 1 is 1.38 bits per heavy atom. The maximum Gasteiger partial charge on any atom is 0.275 e. The lowest BCUT2D eigenvalue weighted by molar-refractivity contribution is -0.385. The molecule has 5 heteroatoms. The highest BCUT2D eigenvalue weighted by atomic mass is 16.6. The van der Waals surface area contributed by atoms with Crippen molar-refractivity contribution in [3.8, 4) is 0 Å². The van der Waals surface area contributed by atoms with Gasteiger partial charge in [0, 0.05) is 12.7 Å². The van der Waals surface area contributed by atoms with Crippen molar-refractivity contribution in [1.29, 1.82) is 0 Å². The van der Waals surface area contributed by atoms with Gasteiger partial charge in [-0.3, -0.25) is 10.1 Å². The summed E-state index contributed by atoms with van der Waals surface area (Å²) in [7, 11) is 0. The van der Waals surface area contributed by atoms with Crippen molar-refractivity contribution >= 4 is 11.8 Å². The summed E-state index contributed by atoms with van der Waals surface area (Å²) >= 11 is 0. The molecule has 0 aliphatic heterocycles. The van der Waals surface area contributed by atoms with Gasteiger partial charge in [0.1, 0.15) is 0 Å². The molecule has 1 aromatic carbocycles. The molecule has 0 aliphatic carbocycles. The van der Waals surface area contributed by atoms with Gasteiger partial charge in [-0.05, 0) is 18.1 Å². The summed E-state index contributed by atoms with van der Waals surface area (Å²) in [5.74, 6) is 0. The molecule has 0 unspecified atom stereocenters. The van der Waals surface area contributed by atoms with Crippen molar-refractivity contribution < 1.29 is 15.1 Å². The highest BCUT2D eigenvalue weighted by Crippen LogP contribution is 2.21. The van der Waals surface area contributed by atoms with E-state index >= 15 is 0 Å². The van der Waals surface area contributed by atoms with Crippen LogP contribution in [0.2, 0.25) is 0 Å². The summed E-state index contributed by atoms with van der Waals surface area (Å²) in [4.78, 5) is 10.2. The molecule has 0 amide bonds. The van der Waals surface area contributed by atoms with Crippen LogP contribution in [0.5, 0.6) is 0 Å². The van der Waals surface area contributed by atoms with Gasteiger partial charge in [0.15, 0.2) is 0 Å². The summed E-state index contributed by atoms with van der Waals surface area (Å²) in [5.41, 5.74) is 0.885. The average Bonchev–Trinajstić information content (AvgIpc) is 2.29. The minimum Gasteiger partial charge on any atom is -0.396 e. The van der Waals surface area contributed by atoms with E-state index in [4.69, 9.17) is 10.2 Å². The third-order valence-electron chi connectivity index (χ3n) is 2.08. The van der Waals surface area contributed by atoms with Crippen LogP contribution in [0.25, 0.3) is 6.08 Å². The number of nitro groups is 1. The summed E-state index contributed by atoms with van der Waals surface area (Å²) in [5, 5.41) is 28.2. The van der Waals surface area contributed by atoms with E-state index in [1.807, 2.05) is 0 Å². The third-order valence-corrected chi connectivity index (χ3v) is 2.08. The molecule has 0 saturated heterocycles. The Balaban J connectivity index is 2.98. The molecule has 5 nitrogen and oxygen atoms in total. The molecule has 0 aromatic heterocycles. The van der Waals surface area contributed by atoms with Crippen LogP contribution in [0.15, 0.2) is 24.3 Å². The molecule has 0 spiro atoms. The quantitative estimate of drug-likeness (QED) is 0.585. The van der Waals surface area contributed by atoms with Gasteiger partial charge in [-0.2, -0.15) is 0 Å². The Bertz CT molecular complexity index is 401. The maximum atomic E-state index is 10.7. The second kappa shape index (κ2) is 5.99. The Labute approximate surface area is 92.8 Å². The zero-order chi connectivity index (χ0) is 12.0. The van der Waals surface area contributed by atoms with Gasteiger partial charge < -0.3 is 10.2 Å². The van der Waals surface area contributed by atoms with Gasteiger partial charge >= 0.3 is 0 Å². The second-order valence-electron chi connectivity index (χ2n) is 3.22. The SMILES string of the molecule is O=[N+]([O-])c1cc(C=CCCO)ccc1CO. The van der Waals surface area contributed by atoms with Crippen molar-refractivity contribution in [2.24, 2.45) is 0 Å². The Kier molecular flexibility index (Phi) is 4.63. The molecule has 0 heterocycles. The zero-order valence-electron chi connectivity index (χ0n) is 8.67. The number of benzene rings is 1. The van der Waals surface area contributed by atoms with E-state index in [-0.39, 0.29) is 18.9 Å². The maximum absolute atomic E-state index is 10.7. The predicted molar refractivity (Wildman–Crippen MR) is 59.8 cm³/mol. The molecule has 86 valence electrons. The van der Waals surface area contributed by atoms with Crippen LogP contribution in [-0.4, -0.2) is 21.7 Å².